The maximum absolute atomic E-state index is 11.5. The number of allylic oxidation sites excluding steroid dienone is 2. The normalized spacial score (nSPS) is 30.9. The molecule has 0 heterocycles. The molecule has 4 N–H and O–H groups in total. The van der Waals surface area contributed by atoms with Crippen LogP contribution in [0.4, 0.5) is 0 Å². The Labute approximate surface area is 113 Å². The Morgan fingerprint density at radius 2 is 1.80 bits per heavy atom. The largest absolute Gasteiger partial charge is 0.480 e. The summed E-state index contributed by atoms with van der Waals surface area (Å²) in [5.41, 5.74) is -0.264. The SMILES string of the molecule is O=C(O)C(C(=O)O)(C1C(=NO)C2C=CC1C2)S(=O)(=O)O. The molecule has 10 heteroatoms. The lowest BCUT2D eigenvalue weighted by Crippen LogP contribution is -2.61. The molecule has 0 aromatic heterocycles. The van der Waals surface area contributed by atoms with Crippen molar-refractivity contribution in [2.24, 2.45) is 22.9 Å². The number of oxime groups is 1. The molecule has 2 aliphatic carbocycles. The Morgan fingerprint density at radius 1 is 1.25 bits per heavy atom. The van der Waals surface area contributed by atoms with Gasteiger partial charge in [0.2, 0.25) is 0 Å². The smallest absolute Gasteiger partial charge is 0.340 e. The van der Waals surface area contributed by atoms with E-state index < -0.39 is 44.6 Å². The lowest BCUT2D eigenvalue weighted by Gasteiger charge is -2.31. The van der Waals surface area contributed by atoms with Gasteiger partial charge in [-0.2, -0.15) is 8.42 Å². The van der Waals surface area contributed by atoms with Crippen molar-refractivity contribution in [2.45, 2.75) is 11.2 Å². The molecular formula is C10H11NO8S. The Kier molecular flexibility index (Phi) is 3.10. The number of hydrogen-bond acceptors (Lipinski definition) is 6. The molecule has 0 saturated heterocycles. The quantitative estimate of drug-likeness (QED) is 0.176. The summed E-state index contributed by atoms with van der Waals surface area (Å²) in [6, 6.07) is 0. The third kappa shape index (κ3) is 1.58. The number of carboxylic acids is 2. The number of carbonyl (C=O) groups is 2. The highest BCUT2D eigenvalue weighted by atomic mass is 32.2. The number of fused-ring (bicyclic) bond motifs is 2. The molecule has 0 spiro atoms. The minimum absolute atomic E-state index is 0.238. The van der Waals surface area contributed by atoms with E-state index in [-0.39, 0.29) is 12.1 Å². The van der Waals surface area contributed by atoms with E-state index in [0.717, 1.165) is 0 Å². The summed E-state index contributed by atoms with van der Waals surface area (Å²) in [4.78, 5) is 22.7. The van der Waals surface area contributed by atoms with E-state index in [9.17, 15) is 22.6 Å². The molecule has 2 rings (SSSR count). The van der Waals surface area contributed by atoms with Crippen molar-refractivity contribution < 1.29 is 38.0 Å². The van der Waals surface area contributed by atoms with Crippen LogP contribution < -0.4 is 0 Å². The van der Waals surface area contributed by atoms with Gasteiger partial charge in [0.1, 0.15) is 0 Å². The van der Waals surface area contributed by atoms with Gasteiger partial charge in [-0.1, -0.05) is 17.3 Å². The van der Waals surface area contributed by atoms with Gasteiger partial charge >= 0.3 is 11.9 Å². The van der Waals surface area contributed by atoms with Crippen LogP contribution in [-0.4, -0.2) is 50.8 Å². The van der Waals surface area contributed by atoms with Crippen molar-refractivity contribution in [3.63, 3.8) is 0 Å². The fourth-order valence-electron chi connectivity index (χ4n) is 3.03. The molecule has 0 radical (unpaired) electrons. The van der Waals surface area contributed by atoms with Crippen LogP contribution in [-0.2, 0) is 19.7 Å². The van der Waals surface area contributed by atoms with Crippen LogP contribution >= 0.6 is 0 Å². The first kappa shape index (κ1) is 14.5. The predicted octanol–water partition coefficient (Wildman–Crippen LogP) is -0.565. The zero-order chi connectivity index (χ0) is 15.3. The van der Waals surface area contributed by atoms with Crippen LogP contribution in [0, 0.1) is 17.8 Å². The first-order valence-corrected chi connectivity index (χ1v) is 6.96. The molecule has 2 aliphatic rings. The fraction of sp³-hybridized carbons (Fsp3) is 0.500. The van der Waals surface area contributed by atoms with Gasteiger partial charge < -0.3 is 15.4 Å². The zero-order valence-electron chi connectivity index (χ0n) is 9.87. The van der Waals surface area contributed by atoms with Crippen LogP contribution in [0.1, 0.15) is 6.42 Å². The standard InChI is InChI=1S/C10H11NO8S/c12-8(13)10(9(14)15,20(17,18)19)6-4-1-2-5(3-4)7(6)11-16/h1-2,4-6,16H,3H2,(H,12,13)(H,14,15)(H,17,18,19). The number of carboxylic acid groups (broad SMARTS) is 2. The Bertz CT molecular complexity index is 620. The van der Waals surface area contributed by atoms with Gasteiger partial charge in [-0.25, -0.2) is 9.59 Å². The van der Waals surface area contributed by atoms with Crippen LogP contribution in [0.5, 0.6) is 0 Å². The second-order valence-electron chi connectivity index (χ2n) is 4.71. The summed E-state index contributed by atoms with van der Waals surface area (Å²) >= 11 is 0. The van der Waals surface area contributed by atoms with E-state index in [0.29, 0.717) is 0 Å². The van der Waals surface area contributed by atoms with Crippen molar-refractivity contribution in [2.75, 3.05) is 0 Å². The zero-order valence-corrected chi connectivity index (χ0v) is 10.7. The highest BCUT2D eigenvalue weighted by Crippen LogP contribution is 2.49. The third-order valence-electron chi connectivity index (χ3n) is 3.84. The topological polar surface area (TPSA) is 162 Å². The van der Waals surface area contributed by atoms with Gasteiger partial charge in [-0.3, -0.25) is 4.55 Å². The average Bonchev–Trinajstić information content (AvgIpc) is 2.87. The molecule has 110 valence electrons. The van der Waals surface area contributed by atoms with Gasteiger partial charge in [0, 0.05) is 5.92 Å². The lowest BCUT2D eigenvalue weighted by molar-refractivity contribution is -0.154. The molecule has 20 heavy (non-hydrogen) atoms. The van der Waals surface area contributed by atoms with E-state index in [1.54, 1.807) is 6.08 Å². The number of nitrogens with zero attached hydrogens (tertiary/aromatic N) is 1. The minimum Gasteiger partial charge on any atom is -0.480 e. The van der Waals surface area contributed by atoms with Crippen molar-refractivity contribution >= 4 is 27.8 Å². The van der Waals surface area contributed by atoms with E-state index in [4.69, 9.17) is 15.4 Å². The summed E-state index contributed by atoms with van der Waals surface area (Å²) in [6.07, 6.45) is 3.28. The highest BCUT2D eigenvalue weighted by Gasteiger charge is 2.69. The van der Waals surface area contributed by atoms with E-state index >= 15 is 0 Å². The number of hydrogen-bond donors (Lipinski definition) is 4. The van der Waals surface area contributed by atoms with Crippen LogP contribution in [0.3, 0.4) is 0 Å². The summed E-state index contributed by atoms with van der Waals surface area (Å²) in [6.45, 7) is 0. The summed E-state index contributed by atoms with van der Waals surface area (Å²) in [5, 5.41) is 30.1. The molecule has 1 fully saturated rings. The Hall–Kier alpha value is -1.94. The molecule has 2 bridgehead atoms. The van der Waals surface area contributed by atoms with E-state index in [1.807, 2.05) is 0 Å². The number of aliphatic carboxylic acids is 2. The number of rotatable bonds is 4. The summed E-state index contributed by atoms with van der Waals surface area (Å²) < 4.78 is 28.7. The average molecular weight is 305 g/mol. The lowest BCUT2D eigenvalue weighted by atomic mass is 9.80. The molecular weight excluding hydrogens is 294 g/mol. The van der Waals surface area contributed by atoms with Crippen molar-refractivity contribution in [3.05, 3.63) is 12.2 Å². The molecule has 0 amide bonds. The van der Waals surface area contributed by atoms with Crippen molar-refractivity contribution in [3.8, 4) is 0 Å². The molecule has 1 saturated carbocycles. The molecule has 9 nitrogen and oxygen atoms in total. The Morgan fingerprint density at radius 3 is 2.20 bits per heavy atom. The highest BCUT2D eigenvalue weighted by molar-refractivity contribution is 7.89. The second-order valence-corrected chi connectivity index (χ2v) is 6.31. The summed E-state index contributed by atoms with van der Waals surface area (Å²) in [5.74, 6) is -7.39. The molecule has 0 aromatic carbocycles. The molecule has 3 atom stereocenters. The van der Waals surface area contributed by atoms with Gasteiger partial charge in [0.25, 0.3) is 14.9 Å². The van der Waals surface area contributed by atoms with Gasteiger partial charge in [0.15, 0.2) is 0 Å². The Balaban J connectivity index is 2.74. The first-order chi connectivity index (χ1) is 9.17. The van der Waals surface area contributed by atoms with Gasteiger partial charge in [-0.05, 0) is 12.3 Å². The van der Waals surface area contributed by atoms with Gasteiger partial charge in [0.05, 0.1) is 11.6 Å². The third-order valence-corrected chi connectivity index (χ3v) is 5.26. The van der Waals surface area contributed by atoms with Crippen molar-refractivity contribution in [1.29, 1.82) is 0 Å². The van der Waals surface area contributed by atoms with E-state index in [1.165, 1.54) is 6.08 Å². The predicted molar refractivity (Wildman–Crippen MR) is 63.0 cm³/mol. The molecule has 0 aromatic rings. The van der Waals surface area contributed by atoms with Crippen molar-refractivity contribution in [1.82, 2.24) is 0 Å². The monoisotopic (exact) mass is 305 g/mol. The molecule has 0 aliphatic heterocycles. The van der Waals surface area contributed by atoms with Gasteiger partial charge in [-0.15, -0.1) is 0 Å². The molecule has 3 unspecified atom stereocenters. The van der Waals surface area contributed by atoms with Crippen LogP contribution in [0.15, 0.2) is 17.3 Å². The summed E-state index contributed by atoms with van der Waals surface area (Å²) in [7, 11) is -5.50. The first-order valence-electron chi connectivity index (χ1n) is 5.51. The second kappa shape index (κ2) is 4.28. The maximum atomic E-state index is 11.5. The van der Waals surface area contributed by atoms with E-state index in [2.05, 4.69) is 5.16 Å². The van der Waals surface area contributed by atoms with Crippen LogP contribution in [0.25, 0.3) is 0 Å². The van der Waals surface area contributed by atoms with Crippen LogP contribution in [0.2, 0.25) is 0 Å². The minimum atomic E-state index is -5.50. The fourth-order valence-corrected chi connectivity index (χ4v) is 4.09. The maximum Gasteiger partial charge on any atom is 0.340 e.